The van der Waals surface area contributed by atoms with Gasteiger partial charge in [-0.2, -0.15) is 9.94 Å². The van der Waals surface area contributed by atoms with E-state index in [4.69, 9.17) is 28.5 Å². The molecule has 7 nitrogen and oxygen atoms in total. The van der Waals surface area contributed by atoms with Crippen LogP contribution in [0.25, 0.3) is 5.69 Å². The van der Waals surface area contributed by atoms with Gasteiger partial charge in [0.25, 0.3) is 0 Å². The molecule has 0 atom stereocenters. The Morgan fingerprint density at radius 2 is 2.00 bits per heavy atom. The van der Waals surface area contributed by atoms with Gasteiger partial charge < -0.3 is 5.32 Å². The largest absolute Gasteiger partial charge is 0.325 e. The number of carbonyl (C=O) groups excluding carboxylic acids is 1. The molecule has 26 heavy (non-hydrogen) atoms. The Morgan fingerprint density at radius 1 is 1.23 bits per heavy atom. The fourth-order valence-electron chi connectivity index (χ4n) is 2.02. The van der Waals surface area contributed by atoms with Crippen LogP contribution in [0, 0.1) is 11.3 Å². The number of hydrogen-bond donors (Lipinski definition) is 1. The molecule has 3 rings (SSSR count). The van der Waals surface area contributed by atoms with Crippen LogP contribution in [-0.2, 0) is 4.79 Å². The lowest BCUT2D eigenvalue weighted by molar-refractivity contribution is -0.113. The minimum absolute atomic E-state index is 0.103. The smallest absolute Gasteiger partial charge is 0.234 e. The average Bonchev–Trinajstić information content (AvgIpc) is 3.09. The zero-order valence-corrected chi connectivity index (χ0v) is 15.4. The summed E-state index contributed by atoms with van der Waals surface area (Å²) in [5, 5.41) is 24.4. The Bertz CT molecular complexity index is 983. The van der Waals surface area contributed by atoms with Crippen LogP contribution in [0.4, 0.5) is 5.69 Å². The quantitative estimate of drug-likeness (QED) is 0.652. The molecule has 130 valence electrons. The highest BCUT2D eigenvalue weighted by molar-refractivity contribution is 7.99. The van der Waals surface area contributed by atoms with Gasteiger partial charge >= 0.3 is 0 Å². The first-order valence-electron chi connectivity index (χ1n) is 7.23. The van der Waals surface area contributed by atoms with Crippen molar-refractivity contribution in [3.8, 4) is 11.8 Å². The van der Waals surface area contributed by atoms with Crippen molar-refractivity contribution >= 4 is 46.6 Å². The molecular formula is C16H10Cl2N6OS. The Hall–Kier alpha value is -2.60. The summed E-state index contributed by atoms with van der Waals surface area (Å²) in [7, 11) is 0. The van der Waals surface area contributed by atoms with Gasteiger partial charge in [0, 0.05) is 10.7 Å². The van der Waals surface area contributed by atoms with Crippen molar-refractivity contribution in [1.82, 2.24) is 20.2 Å². The molecule has 0 saturated heterocycles. The summed E-state index contributed by atoms with van der Waals surface area (Å²) in [6.07, 6.45) is 0. The van der Waals surface area contributed by atoms with Crippen molar-refractivity contribution < 1.29 is 4.79 Å². The molecule has 0 aliphatic rings. The summed E-state index contributed by atoms with van der Waals surface area (Å²) in [6.45, 7) is 0. The molecule has 0 saturated carbocycles. The second kappa shape index (κ2) is 8.19. The van der Waals surface area contributed by atoms with E-state index < -0.39 is 0 Å². The number of carbonyl (C=O) groups is 1. The van der Waals surface area contributed by atoms with Crippen molar-refractivity contribution in [3.63, 3.8) is 0 Å². The van der Waals surface area contributed by atoms with E-state index in [1.807, 2.05) is 6.07 Å². The van der Waals surface area contributed by atoms with Gasteiger partial charge in [-0.25, -0.2) is 0 Å². The molecule has 0 unspecified atom stereocenters. The lowest BCUT2D eigenvalue weighted by Gasteiger charge is -2.07. The maximum absolute atomic E-state index is 12.1. The lowest BCUT2D eigenvalue weighted by atomic mass is 10.2. The number of aromatic nitrogens is 4. The van der Waals surface area contributed by atoms with E-state index in [-0.39, 0.29) is 16.7 Å². The van der Waals surface area contributed by atoms with E-state index in [9.17, 15) is 4.79 Å². The number of benzene rings is 2. The predicted molar refractivity (Wildman–Crippen MR) is 99.7 cm³/mol. The Morgan fingerprint density at radius 3 is 2.69 bits per heavy atom. The van der Waals surface area contributed by atoms with E-state index in [2.05, 4.69) is 20.8 Å². The first-order valence-corrected chi connectivity index (χ1v) is 8.97. The zero-order valence-electron chi connectivity index (χ0n) is 13.1. The third kappa shape index (κ3) is 4.32. The van der Waals surface area contributed by atoms with E-state index in [0.717, 1.165) is 5.69 Å². The summed E-state index contributed by atoms with van der Waals surface area (Å²) < 4.78 is 1.52. The highest BCUT2D eigenvalue weighted by Crippen LogP contribution is 2.22. The Kier molecular flexibility index (Phi) is 5.73. The molecule has 0 aliphatic carbocycles. The molecular weight excluding hydrogens is 395 g/mol. The molecule has 1 heterocycles. The monoisotopic (exact) mass is 404 g/mol. The van der Waals surface area contributed by atoms with Crippen LogP contribution in [0.2, 0.25) is 10.0 Å². The SMILES string of the molecule is N#Cc1ccc(NC(=O)CSc2nnnn2-c2ccc(Cl)cc2)cc1Cl. The zero-order chi connectivity index (χ0) is 18.5. The summed E-state index contributed by atoms with van der Waals surface area (Å²) in [4.78, 5) is 12.1. The number of anilines is 1. The number of thioether (sulfide) groups is 1. The standard InChI is InChI=1S/C16H10Cl2N6OS/c17-11-2-5-13(6-3-11)24-16(21-22-23-24)26-9-15(25)20-12-4-1-10(8-19)14(18)7-12/h1-7H,9H2,(H,20,25). The highest BCUT2D eigenvalue weighted by Gasteiger charge is 2.12. The molecule has 10 heteroatoms. The minimum atomic E-state index is -0.249. The van der Waals surface area contributed by atoms with Gasteiger partial charge in [0.15, 0.2) is 0 Å². The van der Waals surface area contributed by atoms with Crippen LogP contribution < -0.4 is 5.32 Å². The van der Waals surface area contributed by atoms with Gasteiger partial charge in [0.05, 0.1) is 22.0 Å². The van der Waals surface area contributed by atoms with Crippen LogP contribution >= 0.6 is 35.0 Å². The number of nitriles is 1. The summed E-state index contributed by atoms with van der Waals surface area (Å²) in [5.41, 5.74) is 1.60. The summed E-state index contributed by atoms with van der Waals surface area (Å²) in [5.74, 6) is -0.146. The molecule has 1 N–H and O–H groups in total. The fraction of sp³-hybridized carbons (Fsp3) is 0.0625. The number of nitrogens with one attached hydrogen (secondary N) is 1. The maximum Gasteiger partial charge on any atom is 0.234 e. The molecule has 0 aliphatic heterocycles. The number of amides is 1. The fourth-order valence-corrected chi connectivity index (χ4v) is 3.06. The minimum Gasteiger partial charge on any atom is -0.325 e. The molecule has 1 amide bonds. The van der Waals surface area contributed by atoms with Crippen molar-refractivity contribution in [1.29, 1.82) is 5.26 Å². The topological polar surface area (TPSA) is 96.5 Å². The van der Waals surface area contributed by atoms with Crippen molar-refractivity contribution in [2.24, 2.45) is 0 Å². The van der Waals surface area contributed by atoms with E-state index >= 15 is 0 Å². The third-order valence-electron chi connectivity index (χ3n) is 3.22. The number of hydrogen-bond acceptors (Lipinski definition) is 6. The molecule has 3 aromatic rings. The van der Waals surface area contributed by atoms with Gasteiger partial charge in [-0.15, -0.1) is 5.10 Å². The van der Waals surface area contributed by atoms with Crippen molar-refractivity contribution in [3.05, 3.63) is 58.1 Å². The van der Waals surface area contributed by atoms with Crippen LogP contribution in [0.1, 0.15) is 5.56 Å². The molecule has 0 fully saturated rings. The van der Waals surface area contributed by atoms with Crippen molar-refractivity contribution in [2.75, 3.05) is 11.1 Å². The molecule has 0 bridgehead atoms. The maximum atomic E-state index is 12.1. The van der Waals surface area contributed by atoms with Gasteiger partial charge in [-0.1, -0.05) is 35.0 Å². The highest BCUT2D eigenvalue weighted by atomic mass is 35.5. The first-order chi connectivity index (χ1) is 12.6. The van der Waals surface area contributed by atoms with E-state index in [0.29, 0.717) is 21.4 Å². The van der Waals surface area contributed by atoms with Crippen molar-refractivity contribution in [2.45, 2.75) is 5.16 Å². The number of halogens is 2. The van der Waals surface area contributed by atoms with Crippen LogP contribution in [-0.4, -0.2) is 31.9 Å². The van der Waals surface area contributed by atoms with Gasteiger partial charge in [0.1, 0.15) is 6.07 Å². The van der Waals surface area contributed by atoms with Gasteiger partial charge in [-0.3, -0.25) is 4.79 Å². The molecule has 1 aromatic heterocycles. The second-order valence-electron chi connectivity index (χ2n) is 4.99. The first kappa shape index (κ1) is 18.2. The third-order valence-corrected chi connectivity index (χ3v) is 4.70. The predicted octanol–water partition coefficient (Wildman–Crippen LogP) is 3.57. The lowest BCUT2D eigenvalue weighted by Crippen LogP contribution is -2.14. The van der Waals surface area contributed by atoms with Crippen LogP contribution in [0.15, 0.2) is 47.6 Å². The molecule has 0 radical (unpaired) electrons. The molecule has 0 spiro atoms. The van der Waals surface area contributed by atoms with E-state index in [1.54, 1.807) is 36.4 Å². The second-order valence-corrected chi connectivity index (χ2v) is 6.78. The normalized spacial score (nSPS) is 10.3. The number of nitrogens with zero attached hydrogens (tertiary/aromatic N) is 5. The van der Waals surface area contributed by atoms with Gasteiger partial charge in [0.2, 0.25) is 11.1 Å². The van der Waals surface area contributed by atoms with Crippen LogP contribution in [0.3, 0.4) is 0 Å². The Balaban J connectivity index is 1.64. The average molecular weight is 405 g/mol. The number of rotatable bonds is 5. The van der Waals surface area contributed by atoms with Gasteiger partial charge in [-0.05, 0) is 52.9 Å². The summed E-state index contributed by atoms with van der Waals surface area (Å²) >= 11 is 13.0. The molecule has 2 aromatic carbocycles. The van der Waals surface area contributed by atoms with Crippen LogP contribution in [0.5, 0.6) is 0 Å². The summed E-state index contributed by atoms with van der Waals surface area (Å²) in [6, 6.07) is 13.7. The number of tetrazole rings is 1. The van der Waals surface area contributed by atoms with E-state index in [1.165, 1.54) is 22.5 Å². The Labute approximate surface area is 162 Å².